The van der Waals surface area contributed by atoms with Crippen LogP contribution in [-0.4, -0.2) is 90.0 Å². The van der Waals surface area contributed by atoms with Crippen LogP contribution in [-0.2, 0) is 10.8 Å². The zero-order chi connectivity index (χ0) is 63.4. The van der Waals surface area contributed by atoms with Crippen molar-refractivity contribution < 1.29 is 42.7 Å². The van der Waals surface area contributed by atoms with Crippen LogP contribution < -0.4 is 66.0 Å². The van der Waals surface area contributed by atoms with Gasteiger partial charge >= 0.3 is 12.1 Å². The van der Waals surface area contributed by atoms with E-state index in [4.69, 9.17) is 38.9 Å². The Balaban J connectivity index is 0.000000184. The molecular formula is C65H68N14O11. The van der Waals surface area contributed by atoms with Gasteiger partial charge in [-0.3, -0.25) is 20.2 Å². The summed E-state index contributed by atoms with van der Waals surface area (Å²) in [4.78, 5) is 70.4. The fourth-order valence-corrected chi connectivity index (χ4v) is 8.46. The Kier molecular flexibility index (Phi) is 20.1. The van der Waals surface area contributed by atoms with Crippen molar-refractivity contribution in [2.75, 3.05) is 50.1 Å². The van der Waals surface area contributed by atoms with Crippen molar-refractivity contribution in [2.24, 2.45) is 0 Å². The van der Waals surface area contributed by atoms with E-state index in [-0.39, 0.29) is 29.4 Å². The number of nitrogen functional groups attached to an aromatic ring is 1. The summed E-state index contributed by atoms with van der Waals surface area (Å²) in [7, 11) is 6.25. The maximum absolute atomic E-state index is 13.0. The van der Waals surface area contributed by atoms with E-state index in [2.05, 4.69) is 56.1 Å². The van der Waals surface area contributed by atoms with Gasteiger partial charge in [-0.2, -0.15) is 10.2 Å². The fourth-order valence-electron chi connectivity index (χ4n) is 8.46. The van der Waals surface area contributed by atoms with E-state index in [0.29, 0.717) is 103 Å². The van der Waals surface area contributed by atoms with Crippen molar-refractivity contribution in [3.05, 3.63) is 197 Å². The summed E-state index contributed by atoms with van der Waals surface area (Å²) in [6.07, 6.45) is 5.29. The molecule has 90 heavy (non-hydrogen) atoms. The van der Waals surface area contributed by atoms with Crippen LogP contribution in [0.5, 0.6) is 52.0 Å². The van der Waals surface area contributed by atoms with Crippen LogP contribution in [0.15, 0.2) is 174 Å². The van der Waals surface area contributed by atoms with Gasteiger partial charge in [-0.25, -0.2) is 38.9 Å². The number of carbonyl (C=O) groups excluding carboxylic acids is 2. The lowest BCUT2D eigenvalue weighted by atomic mass is 9.92. The molecular weight excluding hydrogens is 1150 g/mol. The lowest BCUT2D eigenvalue weighted by molar-refractivity contribution is 0.215. The predicted octanol–water partition coefficient (Wildman–Crippen LogP) is 12.4. The molecule has 7 N–H and O–H groups in total. The molecule has 6 heterocycles. The number of urea groups is 1. The number of para-hydroxylation sites is 1. The van der Waals surface area contributed by atoms with E-state index < -0.39 is 12.1 Å². The molecule has 25 nitrogen and oxygen atoms in total. The van der Waals surface area contributed by atoms with Crippen LogP contribution in [0.1, 0.15) is 60.4 Å². The van der Waals surface area contributed by atoms with Crippen LogP contribution in [0.3, 0.4) is 0 Å². The predicted molar refractivity (Wildman–Crippen MR) is 344 cm³/mol. The monoisotopic (exact) mass is 1220 g/mol. The summed E-state index contributed by atoms with van der Waals surface area (Å²) >= 11 is 0. The van der Waals surface area contributed by atoms with Crippen LogP contribution in [0.4, 0.5) is 32.6 Å². The first-order chi connectivity index (χ1) is 42.7. The van der Waals surface area contributed by atoms with E-state index in [9.17, 15) is 19.2 Å². The maximum Gasteiger partial charge on any atom is 0.418 e. The number of fused-ring (bicyclic) bond motifs is 2. The van der Waals surface area contributed by atoms with Crippen molar-refractivity contribution in [3.8, 4) is 63.4 Å². The number of nitrogens with one attached hydrogen (secondary N) is 5. The quantitative estimate of drug-likeness (QED) is 0.0551. The minimum atomic E-state index is -0.623. The SMILES string of the molecule is C.CC(C)(C)c1cc(NC(=O)Oc2ccccc2)n(-c2ccc(=O)[nH]c2)n1.COc1cc2ncnc(Oc3cccc(N)c3)c2cc1OC.COc1cc2ncnc(Oc3cccc(NC(=O)Nc4cc(C(C)(C)C)nn4-c4ccc(=O)[nH]c4)c3)c2cc1OC. The molecule has 0 spiro atoms. The number of rotatable bonds is 14. The number of hydrogen-bond donors (Lipinski definition) is 6. The summed E-state index contributed by atoms with van der Waals surface area (Å²) in [5.74, 6) is 5.36. The average molecular weight is 1220 g/mol. The number of ether oxygens (including phenoxy) is 7. The first kappa shape index (κ1) is 64.2. The summed E-state index contributed by atoms with van der Waals surface area (Å²) in [6, 6.07) is 39.1. The minimum Gasteiger partial charge on any atom is -0.493 e. The lowest BCUT2D eigenvalue weighted by Crippen LogP contribution is -2.21. The first-order valence-corrected chi connectivity index (χ1v) is 27.4. The summed E-state index contributed by atoms with van der Waals surface area (Å²) < 4.78 is 41.6. The molecule has 3 amide bonds. The normalized spacial score (nSPS) is 10.9. The molecule has 0 unspecified atom stereocenters. The topological polar surface area (TPSA) is 314 Å². The highest BCUT2D eigenvalue weighted by atomic mass is 16.6. The molecule has 0 aliphatic rings. The van der Waals surface area contributed by atoms with Gasteiger partial charge in [0.2, 0.25) is 22.9 Å². The van der Waals surface area contributed by atoms with Crippen LogP contribution in [0.2, 0.25) is 0 Å². The zero-order valence-electron chi connectivity index (χ0n) is 50.2. The number of amides is 3. The smallest absolute Gasteiger partial charge is 0.418 e. The molecule has 11 rings (SSSR count). The second kappa shape index (κ2) is 28.2. The lowest BCUT2D eigenvalue weighted by Gasteiger charge is -2.14. The minimum absolute atomic E-state index is 0. The number of pyridine rings is 2. The van der Waals surface area contributed by atoms with E-state index in [1.807, 2.05) is 59.7 Å². The third kappa shape index (κ3) is 16.0. The molecule has 6 aromatic heterocycles. The molecule has 0 saturated carbocycles. The second-order valence-electron chi connectivity index (χ2n) is 21.5. The highest BCUT2D eigenvalue weighted by molar-refractivity contribution is 5.99. The number of hydrogen-bond acceptors (Lipinski definition) is 18. The van der Waals surface area contributed by atoms with Gasteiger partial charge in [0, 0.05) is 83.1 Å². The Morgan fingerprint density at radius 3 is 1.41 bits per heavy atom. The molecule has 5 aromatic carbocycles. The van der Waals surface area contributed by atoms with Gasteiger partial charge in [0.15, 0.2) is 23.0 Å². The van der Waals surface area contributed by atoms with Crippen molar-refractivity contribution in [2.45, 2.75) is 59.8 Å². The zero-order valence-corrected chi connectivity index (χ0v) is 50.2. The number of methoxy groups -OCH3 is 4. The third-order valence-corrected chi connectivity index (χ3v) is 13.0. The molecule has 25 heteroatoms. The van der Waals surface area contributed by atoms with Gasteiger partial charge in [0.25, 0.3) is 0 Å². The summed E-state index contributed by atoms with van der Waals surface area (Å²) in [5, 5.41) is 19.0. The molecule has 0 aliphatic heterocycles. The number of aromatic amines is 2. The van der Waals surface area contributed by atoms with Crippen LogP contribution in [0, 0.1) is 0 Å². The second-order valence-corrected chi connectivity index (χ2v) is 21.5. The third-order valence-electron chi connectivity index (χ3n) is 13.0. The molecule has 464 valence electrons. The van der Waals surface area contributed by atoms with E-state index in [1.54, 1.807) is 147 Å². The molecule has 0 radical (unpaired) electrons. The number of anilines is 4. The van der Waals surface area contributed by atoms with Crippen molar-refractivity contribution in [1.29, 1.82) is 0 Å². The number of nitrogens with zero attached hydrogens (tertiary/aromatic N) is 8. The Morgan fingerprint density at radius 1 is 0.500 bits per heavy atom. The van der Waals surface area contributed by atoms with Gasteiger partial charge in [0.1, 0.15) is 41.5 Å². The number of carbonyl (C=O) groups is 2. The molecule has 0 aliphatic carbocycles. The molecule has 0 bridgehead atoms. The average Bonchev–Trinajstić information content (AvgIpc) is 3.21. The standard InChI is InChI=1S/C29H29N7O5.C19H20N4O3.C16H15N3O3.CH4/c1-29(2,3)24-14-25(36(35-24)18-9-10-26(37)30-15-18)34-28(38)33-17-7-6-8-19(11-17)41-27-20-12-22(39-4)23(40-5)13-21(20)31-16-32-27;1-19(2,3)15-11-16(21-18(25)26-14-7-5-4-6-8-14)23(22-15)13-9-10-17(24)20-12-13;1-20-14-7-12-13(8-15(14)21-2)18-9-19-16(12)22-11-5-3-4-10(17)6-11;/h6-16H,1-5H3,(H,30,37)(H2,33,34,38);4-12H,1-3H3,(H,20,24)(H,21,25);3-9H,17H2,1-2H3;1H4. The van der Waals surface area contributed by atoms with Crippen molar-refractivity contribution in [1.82, 2.24) is 49.5 Å². The Bertz CT molecular complexity index is 4400. The molecule has 0 fully saturated rings. The fraction of sp³-hybridized carbons (Fsp3) is 0.200. The summed E-state index contributed by atoms with van der Waals surface area (Å²) in [6.45, 7) is 12.1. The van der Waals surface area contributed by atoms with Crippen molar-refractivity contribution in [3.63, 3.8) is 0 Å². The van der Waals surface area contributed by atoms with Gasteiger partial charge in [0.05, 0.1) is 73.0 Å². The number of H-pyrrole nitrogens is 2. The highest BCUT2D eigenvalue weighted by Crippen LogP contribution is 2.38. The number of benzene rings is 5. The maximum atomic E-state index is 13.0. The molecule has 11 aromatic rings. The Morgan fingerprint density at radius 2 is 0.956 bits per heavy atom. The Labute approximate surface area is 517 Å². The molecule has 0 atom stereocenters. The largest absolute Gasteiger partial charge is 0.493 e. The van der Waals surface area contributed by atoms with Gasteiger partial charge in [-0.05, 0) is 60.7 Å². The number of nitrogens with two attached hydrogens (primary N) is 1. The molecule has 0 saturated heterocycles. The van der Waals surface area contributed by atoms with Gasteiger partial charge < -0.3 is 54.2 Å². The van der Waals surface area contributed by atoms with Gasteiger partial charge in [-0.15, -0.1) is 0 Å². The van der Waals surface area contributed by atoms with Crippen LogP contribution >= 0.6 is 0 Å². The summed E-state index contributed by atoms with van der Waals surface area (Å²) in [5.41, 5.74) is 10.0. The van der Waals surface area contributed by atoms with E-state index >= 15 is 0 Å². The Hall–Kier alpha value is -11.8. The van der Waals surface area contributed by atoms with E-state index in [1.165, 1.54) is 37.2 Å². The first-order valence-electron chi connectivity index (χ1n) is 27.4. The highest BCUT2D eigenvalue weighted by Gasteiger charge is 2.24. The number of aromatic nitrogens is 10. The van der Waals surface area contributed by atoms with Crippen molar-refractivity contribution >= 4 is 56.9 Å². The van der Waals surface area contributed by atoms with E-state index in [0.717, 1.165) is 16.8 Å². The van der Waals surface area contributed by atoms with Crippen LogP contribution in [0.25, 0.3) is 33.2 Å². The van der Waals surface area contributed by atoms with Gasteiger partial charge in [-0.1, -0.05) is 79.3 Å².